The highest BCUT2D eigenvalue weighted by Crippen LogP contribution is 2.36. The molecule has 0 fully saturated rings. The van der Waals surface area contributed by atoms with Gasteiger partial charge in [0.15, 0.2) is 0 Å². The molecule has 0 aliphatic heterocycles. The van der Waals surface area contributed by atoms with Crippen LogP contribution in [0.4, 0.5) is 0 Å². The molecule has 0 saturated carbocycles. The molecule has 5 nitrogen and oxygen atoms in total. The number of carbonyl (C=O) groups is 1. The van der Waals surface area contributed by atoms with Crippen LogP contribution in [0, 0.1) is 6.92 Å². The molecule has 114 valence electrons. The first kappa shape index (κ1) is 13.6. The largest absolute Gasteiger partial charge is 0.478 e. The van der Waals surface area contributed by atoms with E-state index in [0.29, 0.717) is 0 Å². The molecule has 0 radical (unpaired) electrons. The van der Waals surface area contributed by atoms with Gasteiger partial charge >= 0.3 is 5.97 Å². The number of benzene rings is 2. The first-order valence-electron chi connectivity index (χ1n) is 7.33. The van der Waals surface area contributed by atoms with Gasteiger partial charge in [0, 0.05) is 34.6 Å². The van der Waals surface area contributed by atoms with E-state index in [1.165, 1.54) is 0 Å². The molecule has 4 rings (SSSR count). The zero-order valence-electron chi connectivity index (χ0n) is 12.8. The van der Waals surface area contributed by atoms with E-state index >= 15 is 0 Å². The smallest absolute Gasteiger partial charge is 0.335 e. The van der Waals surface area contributed by atoms with Gasteiger partial charge in [0.2, 0.25) is 0 Å². The van der Waals surface area contributed by atoms with Crippen LogP contribution in [0.15, 0.2) is 42.5 Å². The number of carboxylic acid groups (broad SMARTS) is 1. The second-order valence-electron chi connectivity index (χ2n) is 5.67. The Hall–Kier alpha value is -3.08. The molecule has 0 aliphatic rings. The predicted octanol–water partition coefficient (Wildman–Crippen LogP) is 3.73. The third-order valence-corrected chi connectivity index (χ3v) is 4.45. The highest BCUT2D eigenvalue weighted by atomic mass is 16.4. The summed E-state index contributed by atoms with van der Waals surface area (Å²) in [6.07, 6.45) is 0. The molecule has 0 saturated heterocycles. The van der Waals surface area contributed by atoms with Crippen LogP contribution >= 0.6 is 0 Å². The minimum atomic E-state index is -0.936. The average Bonchev–Trinajstić information content (AvgIpc) is 3.07. The molecule has 2 N–H and O–H groups in total. The van der Waals surface area contributed by atoms with Crippen LogP contribution in [-0.4, -0.2) is 25.8 Å². The van der Waals surface area contributed by atoms with Crippen LogP contribution in [0.5, 0.6) is 0 Å². The van der Waals surface area contributed by atoms with Crippen LogP contribution in [-0.2, 0) is 7.05 Å². The van der Waals surface area contributed by atoms with Gasteiger partial charge in [-0.3, -0.25) is 5.10 Å². The maximum Gasteiger partial charge on any atom is 0.335 e. The Morgan fingerprint density at radius 2 is 1.96 bits per heavy atom. The van der Waals surface area contributed by atoms with Crippen molar-refractivity contribution < 1.29 is 9.90 Å². The quantitative estimate of drug-likeness (QED) is 0.593. The molecule has 0 amide bonds. The van der Waals surface area contributed by atoms with Gasteiger partial charge in [-0.05, 0) is 31.2 Å². The highest BCUT2D eigenvalue weighted by Gasteiger charge is 2.18. The fourth-order valence-corrected chi connectivity index (χ4v) is 3.16. The van der Waals surface area contributed by atoms with Crippen molar-refractivity contribution in [2.24, 2.45) is 7.05 Å². The topological polar surface area (TPSA) is 70.9 Å². The Morgan fingerprint density at radius 1 is 1.17 bits per heavy atom. The lowest BCUT2D eigenvalue weighted by atomic mass is 10.0. The van der Waals surface area contributed by atoms with Crippen LogP contribution in [0.3, 0.4) is 0 Å². The summed E-state index contributed by atoms with van der Waals surface area (Å²) in [5, 5.41) is 18.6. The number of hydrogen-bond acceptors (Lipinski definition) is 2. The van der Waals surface area contributed by atoms with E-state index in [0.717, 1.165) is 38.8 Å². The third kappa shape index (κ3) is 1.86. The Morgan fingerprint density at radius 3 is 2.74 bits per heavy atom. The summed E-state index contributed by atoms with van der Waals surface area (Å²) in [5.74, 6) is -0.936. The standard InChI is InChI=1S/C18H15N3O2/c1-10-16(12-5-3-4-6-15(12)21(10)2)17-13-9-11(18(22)23)7-8-14(13)19-20-17/h3-9H,1-2H3,(H,19,20)(H,22,23). The summed E-state index contributed by atoms with van der Waals surface area (Å²) in [6, 6.07) is 13.2. The predicted molar refractivity (Wildman–Crippen MR) is 89.7 cm³/mol. The molecule has 5 heteroatoms. The van der Waals surface area contributed by atoms with Gasteiger partial charge in [-0.1, -0.05) is 18.2 Å². The second-order valence-corrected chi connectivity index (χ2v) is 5.67. The zero-order chi connectivity index (χ0) is 16.1. The molecule has 23 heavy (non-hydrogen) atoms. The van der Waals surface area contributed by atoms with Crippen molar-refractivity contribution in [2.75, 3.05) is 0 Å². The van der Waals surface area contributed by atoms with Crippen molar-refractivity contribution >= 4 is 27.8 Å². The summed E-state index contributed by atoms with van der Waals surface area (Å²) in [7, 11) is 2.03. The number of nitrogens with one attached hydrogen (secondary N) is 1. The molecule has 2 heterocycles. The van der Waals surface area contributed by atoms with E-state index in [4.69, 9.17) is 0 Å². The van der Waals surface area contributed by atoms with E-state index in [9.17, 15) is 9.90 Å². The number of aryl methyl sites for hydroxylation is 1. The number of fused-ring (bicyclic) bond motifs is 2. The van der Waals surface area contributed by atoms with Crippen molar-refractivity contribution in [2.45, 2.75) is 6.92 Å². The summed E-state index contributed by atoms with van der Waals surface area (Å²) >= 11 is 0. The average molecular weight is 305 g/mol. The first-order valence-corrected chi connectivity index (χ1v) is 7.33. The van der Waals surface area contributed by atoms with Gasteiger partial charge in [-0.15, -0.1) is 0 Å². The normalized spacial score (nSPS) is 11.4. The van der Waals surface area contributed by atoms with Gasteiger partial charge < -0.3 is 9.67 Å². The lowest BCUT2D eigenvalue weighted by molar-refractivity contribution is 0.0697. The molecule has 0 aliphatic carbocycles. The molecule has 0 bridgehead atoms. The van der Waals surface area contributed by atoms with Crippen molar-refractivity contribution in [3.8, 4) is 11.3 Å². The van der Waals surface area contributed by atoms with E-state index in [1.807, 2.05) is 19.2 Å². The molecule has 0 unspecified atom stereocenters. The lowest BCUT2D eigenvalue weighted by Crippen LogP contribution is -1.95. The molecule has 0 atom stereocenters. The number of H-pyrrole nitrogens is 1. The molecule has 4 aromatic rings. The van der Waals surface area contributed by atoms with Crippen molar-refractivity contribution in [3.63, 3.8) is 0 Å². The van der Waals surface area contributed by atoms with Crippen LogP contribution in [0.25, 0.3) is 33.1 Å². The molecular formula is C18H15N3O2. The number of carboxylic acids is 1. The summed E-state index contributed by atoms with van der Waals surface area (Å²) in [6.45, 7) is 2.05. The molecular weight excluding hydrogens is 290 g/mol. The Balaban J connectivity index is 2.09. The number of nitrogens with zero attached hydrogens (tertiary/aromatic N) is 2. The monoisotopic (exact) mass is 305 g/mol. The van der Waals surface area contributed by atoms with Gasteiger partial charge in [-0.2, -0.15) is 5.10 Å². The lowest BCUT2D eigenvalue weighted by Gasteiger charge is -2.01. The third-order valence-electron chi connectivity index (χ3n) is 4.45. The SMILES string of the molecule is Cc1c(-c2n[nH]c3ccc(C(=O)O)cc23)c2ccccc2n1C. The first-order chi connectivity index (χ1) is 11.1. The molecule has 2 aromatic heterocycles. The Kier molecular flexibility index (Phi) is 2.78. The number of aromatic amines is 1. The van der Waals surface area contributed by atoms with Crippen LogP contribution in [0.2, 0.25) is 0 Å². The van der Waals surface area contributed by atoms with E-state index < -0.39 is 5.97 Å². The fraction of sp³-hybridized carbons (Fsp3) is 0.111. The minimum Gasteiger partial charge on any atom is -0.478 e. The Labute approximate surface area is 132 Å². The zero-order valence-corrected chi connectivity index (χ0v) is 12.8. The fourth-order valence-electron chi connectivity index (χ4n) is 3.16. The summed E-state index contributed by atoms with van der Waals surface area (Å²) < 4.78 is 2.13. The maximum absolute atomic E-state index is 11.3. The van der Waals surface area contributed by atoms with E-state index in [2.05, 4.69) is 33.8 Å². The number of para-hydroxylation sites is 1. The van der Waals surface area contributed by atoms with Gasteiger partial charge in [0.1, 0.15) is 5.69 Å². The van der Waals surface area contributed by atoms with Crippen LogP contribution in [0.1, 0.15) is 16.1 Å². The second kappa shape index (κ2) is 4.71. The summed E-state index contributed by atoms with van der Waals surface area (Å²) in [4.78, 5) is 11.3. The molecule has 0 spiro atoms. The highest BCUT2D eigenvalue weighted by molar-refractivity contribution is 6.06. The van der Waals surface area contributed by atoms with Gasteiger partial charge in [0.25, 0.3) is 0 Å². The number of hydrogen-bond donors (Lipinski definition) is 2. The Bertz CT molecular complexity index is 1070. The molecule has 2 aromatic carbocycles. The van der Waals surface area contributed by atoms with Crippen molar-refractivity contribution in [3.05, 3.63) is 53.7 Å². The number of aromatic nitrogens is 3. The maximum atomic E-state index is 11.3. The summed E-state index contributed by atoms with van der Waals surface area (Å²) in [5.41, 5.74) is 5.15. The van der Waals surface area contributed by atoms with E-state index in [-0.39, 0.29) is 5.56 Å². The van der Waals surface area contributed by atoms with E-state index in [1.54, 1.807) is 18.2 Å². The number of aromatic carboxylic acids is 1. The van der Waals surface area contributed by atoms with Crippen LogP contribution < -0.4 is 0 Å². The minimum absolute atomic E-state index is 0.262. The van der Waals surface area contributed by atoms with Gasteiger partial charge in [0.05, 0.1) is 11.1 Å². The van der Waals surface area contributed by atoms with Gasteiger partial charge in [-0.25, -0.2) is 4.79 Å². The number of rotatable bonds is 2. The van der Waals surface area contributed by atoms with Crippen molar-refractivity contribution in [1.82, 2.24) is 14.8 Å². The van der Waals surface area contributed by atoms with Crippen molar-refractivity contribution in [1.29, 1.82) is 0 Å².